The van der Waals surface area contributed by atoms with E-state index in [4.69, 9.17) is 16.3 Å². The van der Waals surface area contributed by atoms with Crippen LogP contribution in [-0.2, 0) is 16.0 Å². The second-order valence-electron chi connectivity index (χ2n) is 7.35. The van der Waals surface area contributed by atoms with Gasteiger partial charge in [-0.15, -0.1) is 0 Å². The van der Waals surface area contributed by atoms with E-state index >= 15 is 0 Å². The Labute approximate surface area is 169 Å². The molecule has 1 amide bonds. The zero-order valence-corrected chi connectivity index (χ0v) is 16.8. The fourth-order valence-electron chi connectivity index (χ4n) is 3.79. The molecule has 0 radical (unpaired) electrons. The lowest BCUT2D eigenvalue weighted by molar-refractivity contribution is -0.140. The summed E-state index contributed by atoms with van der Waals surface area (Å²) in [6.07, 6.45) is 2.11. The van der Waals surface area contributed by atoms with E-state index in [2.05, 4.69) is 15.0 Å². The van der Waals surface area contributed by atoms with Gasteiger partial charge in [0.15, 0.2) is 0 Å². The average Bonchev–Trinajstić information content (AvgIpc) is 3.14. The van der Waals surface area contributed by atoms with Crippen molar-refractivity contribution < 1.29 is 24.2 Å². The highest BCUT2D eigenvalue weighted by Gasteiger charge is 2.29. The van der Waals surface area contributed by atoms with Crippen molar-refractivity contribution in [1.29, 1.82) is 0 Å². The molecule has 1 aromatic carbocycles. The minimum atomic E-state index is -0.520. The summed E-state index contributed by atoms with van der Waals surface area (Å²) in [5.74, 6) is 0.166. The predicted octanol–water partition coefficient (Wildman–Crippen LogP) is 1.64. The SMILES string of the molecule is COC(=O)CCCN1CCC(CNC(=O)c2cc(Cl)cc3c2OCC3)C(O)C1. The van der Waals surface area contributed by atoms with E-state index in [-0.39, 0.29) is 17.8 Å². The van der Waals surface area contributed by atoms with Crippen LogP contribution in [-0.4, -0.2) is 67.9 Å². The maximum Gasteiger partial charge on any atom is 0.305 e. The van der Waals surface area contributed by atoms with Crippen LogP contribution in [0.15, 0.2) is 12.1 Å². The Bertz CT molecular complexity index is 727. The van der Waals surface area contributed by atoms with Crippen LogP contribution in [0.5, 0.6) is 5.75 Å². The summed E-state index contributed by atoms with van der Waals surface area (Å²) in [6, 6.07) is 3.46. The van der Waals surface area contributed by atoms with Gasteiger partial charge in [-0.25, -0.2) is 0 Å². The van der Waals surface area contributed by atoms with E-state index in [1.165, 1.54) is 7.11 Å². The number of amides is 1. The Hall–Kier alpha value is -1.83. The molecule has 8 heteroatoms. The van der Waals surface area contributed by atoms with Crippen molar-refractivity contribution in [2.24, 2.45) is 5.92 Å². The molecule has 154 valence electrons. The number of carbonyl (C=O) groups is 2. The number of carbonyl (C=O) groups excluding carboxylic acids is 2. The minimum absolute atomic E-state index is 0.00559. The monoisotopic (exact) mass is 410 g/mol. The Morgan fingerprint density at radius 1 is 1.43 bits per heavy atom. The van der Waals surface area contributed by atoms with Crippen molar-refractivity contribution in [1.82, 2.24) is 10.2 Å². The van der Waals surface area contributed by atoms with E-state index in [0.29, 0.717) is 48.9 Å². The lowest BCUT2D eigenvalue weighted by atomic mass is 9.93. The minimum Gasteiger partial charge on any atom is -0.492 e. The van der Waals surface area contributed by atoms with E-state index in [1.54, 1.807) is 6.07 Å². The number of β-amino-alcohol motifs (C(OH)–C–C–N with tert-alkyl or cyclic N) is 1. The summed E-state index contributed by atoms with van der Waals surface area (Å²) >= 11 is 6.12. The molecule has 0 saturated carbocycles. The molecule has 3 rings (SSSR count). The molecular formula is C20H27ClN2O5. The average molecular weight is 411 g/mol. The quantitative estimate of drug-likeness (QED) is 0.664. The van der Waals surface area contributed by atoms with Crippen molar-refractivity contribution in [2.45, 2.75) is 31.8 Å². The summed E-state index contributed by atoms with van der Waals surface area (Å²) < 4.78 is 10.2. The molecule has 2 aliphatic heterocycles. The third-order valence-corrected chi connectivity index (χ3v) is 5.62. The highest BCUT2D eigenvalue weighted by molar-refractivity contribution is 6.31. The number of halogens is 1. The molecule has 0 aliphatic carbocycles. The van der Waals surface area contributed by atoms with Gasteiger partial charge in [0.2, 0.25) is 0 Å². The molecule has 0 bridgehead atoms. The molecule has 2 unspecified atom stereocenters. The first-order chi connectivity index (χ1) is 13.5. The zero-order valence-electron chi connectivity index (χ0n) is 16.1. The van der Waals surface area contributed by atoms with E-state index in [1.807, 2.05) is 6.07 Å². The largest absolute Gasteiger partial charge is 0.492 e. The number of rotatable bonds is 7. The molecule has 28 heavy (non-hydrogen) atoms. The second-order valence-corrected chi connectivity index (χ2v) is 7.78. The summed E-state index contributed by atoms with van der Waals surface area (Å²) in [5, 5.41) is 13.9. The Morgan fingerprint density at radius 2 is 2.25 bits per heavy atom. The summed E-state index contributed by atoms with van der Waals surface area (Å²) in [5.41, 5.74) is 1.41. The number of fused-ring (bicyclic) bond motifs is 1. The number of piperidine rings is 1. The van der Waals surface area contributed by atoms with E-state index in [0.717, 1.165) is 31.5 Å². The molecule has 1 saturated heterocycles. The Balaban J connectivity index is 1.47. The van der Waals surface area contributed by atoms with Gasteiger partial charge in [-0.1, -0.05) is 11.6 Å². The van der Waals surface area contributed by atoms with Crippen LogP contribution in [0.3, 0.4) is 0 Å². The summed E-state index contributed by atoms with van der Waals surface area (Å²) in [6.45, 7) is 3.07. The fraction of sp³-hybridized carbons (Fsp3) is 0.600. The van der Waals surface area contributed by atoms with Gasteiger partial charge in [0, 0.05) is 36.9 Å². The molecule has 1 aromatic rings. The first-order valence-electron chi connectivity index (χ1n) is 9.68. The van der Waals surface area contributed by atoms with E-state index < -0.39 is 6.10 Å². The Kier molecular flexibility index (Phi) is 7.15. The van der Waals surface area contributed by atoms with Crippen molar-refractivity contribution >= 4 is 23.5 Å². The van der Waals surface area contributed by atoms with Crippen molar-refractivity contribution in [3.63, 3.8) is 0 Å². The van der Waals surface area contributed by atoms with Crippen LogP contribution in [0.1, 0.15) is 35.2 Å². The smallest absolute Gasteiger partial charge is 0.305 e. The van der Waals surface area contributed by atoms with Gasteiger partial charge in [0.25, 0.3) is 5.91 Å². The number of nitrogens with zero attached hydrogens (tertiary/aromatic N) is 1. The molecule has 0 aromatic heterocycles. The van der Waals surface area contributed by atoms with Crippen LogP contribution < -0.4 is 10.1 Å². The molecule has 2 heterocycles. The van der Waals surface area contributed by atoms with Crippen LogP contribution >= 0.6 is 11.6 Å². The Morgan fingerprint density at radius 3 is 3.00 bits per heavy atom. The number of likely N-dealkylation sites (tertiary alicyclic amines) is 1. The zero-order chi connectivity index (χ0) is 20.1. The lowest BCUT2D eigenvalue weighted by Gasteiger charge is -2.36. The molecule has 2 N–H and O–H groups in total. The van der Waals surface area contributed by atoms with Gasteiger partial charge in [-0.2, -0.15) is 0 Å². The third kappa shape index (κ3) is 5.16. The lowest BCUT2D eigenvalue weighted by Crippen LogP contribution is -2.47. The van der Waals surface area contributed by atoms with Crippen LogP contribution in [0.2, 0.25) is 5.02 Å². The van der Waals surface area contributed by atoms with Crippen LogP contribution in [0.4, 0.5) is 0 Å². The number of hydrogen-bond acceptors (Lipinski definition) is 6. The van der Waals surface area contributed by atoms with Gasteiger partial charge < -0.3 is 24.8 Å². The van der Waals surface area contributed by atoms with Crippen molar-refractivity contribution in [3.05, 3.63) is 28.3 Å². The maximum absolute atomic E-state index is 12.6. The normalized spacial score (nSPS) is 21.7. The highest BCUT2D eigenvalue weighted by Crippen LogP contribution is 2.32. The third-order valence-electron chi connectivity index (χ3n) is 5.41. The van der Waals surface area contributed by atoms with Crippen molar-refractivity contribution in [2.75, 3.05) is 39.9 Å². The predicted molar refractivity (Wildman–Crippen MR) is 105 cm³/mol. The molecular weight excluding hydrogens is 384 g/mol. The number of hydrogen-bond donors (Lipinski definition) is 2. The second kappa shape index (κ2) is 9.58. The topological polar surface area (TPSA) is 88.1 Å². The first-order valence-corrected chi connectivity index (χ1v) is 10.1. The van der Waals surface area contributed by atoms with Gasteiger partial charge in [0.1, 0.15) is 5.75 Å². The number of aliphatic hydroxyl groups is 1. The van der Waals surface area contributed by atoms with Crippen LogP contribution in [0, 0.1) is 5.92 Å². The standard InChI is InChI=1S/C20H27ClN2O5/c1-27-18(25)3-2-6-23-7-4-14(17(24)12-23)11-22-20(26)16-10-15(21)9-13-5-8-28-19(13)16/h9-10,14,17,24H,2-8,11-12H2,1H3,(H,22,26). The van der Waals surface area contributed by atoms with Gasteiger partial charge >= 0.3 is 5.97 Å². The number of aliphatic hydroxyl groups excluding tert-OH is 1. The first kappa shape index (κ1) is 20.9. The summed E-state index contributed by atoms with van der Waals surface area (Å²) in [4.78, 5) is 25.9. The van der Waals surface area contributed by atoms with Crippen LogP contribution in [0.25, 0.3) is 0 Å². The van der Waals surface area contributed by atoms with Gasteiger partial charge in [-0.3, -0.25) is 9.59 Å². The fourth-order valence-corrected chi connectivity index (χ4v) is 4.03. The molecule has 2 atom stereocenters. The number of nitrogens with one attached hydrogen (secondary N) is 1. The van der Waals surface area contributed by atoms with E-state index in [9.17, 15) is 14.7 Å². The van der Waals surface area contributed by atoms with Gasteiger partial charge in [0.05, 0.1) is 25.4 Å². The molecule has 1 fully saturated rings. The highest BCUT2D eigenvalue weighted by atomic mass is 35.5. The number of methoxy groups -OCH3 is 1. The molecule has 7 nitrogen and oxygen atoms in total. The number of ether oxygens (including phenoxy) is 2. The number of benzene rings is 1. The van der Waals surface area contributed by atoms with Gasteiger partial charge in [-0.05, 0) is 43.6 Å². The maximum atomic E-state index is 12.6. The molecule has 0 spiro atoms. The summed E-state index contributed by atoms with van der Waals surface area (Å²) in [7, 11) is 1.38. The molecule has 2 aliphatic rings. The number of esters is 1. The van der Waals surface area contributed by atoms with Crippen molar-refractivity contribution in [3.8, 4) is 5.75 Å².